The number of carbonyl (C=O) groups is 2. The van der Waals surface area contributed by atoms with E-state index in [1.54, 1.807) is 11.8 Å². The fraction of sp³-hybridized carbons (Fsp3) is 0.875. The van der Waals surface area contributed by atoms with Crippen molar-refractivity contribution in [1.82, 2.24) is 4.90 Å². The summed E-state index contributed by atoms with van der Waals surface area (Å²) in [5, 5.41) is 9.33. The molecule has 21 heavy (non-hydrogen) atoms. The van der Waals surface area contributed by atoms with Crippen LogP contribution in [0.3, 0.4) is 0 Å². The maximum Gasteiger partial charge on any atom is 0.308 e. The highest BCUT2D eigenvalue weighted by Crippen LogP contribution is 2.44. The fourth-order valence-electron chi connectivity index (χ4n) is 3.08. The maximum absolute atomic E-state index is 12.4. The lowest BCUT2D eigenvalue weighted by molar-refractivity contribution is -0.144. The monoisotopic (exact) mass is 297 g/mol. The van der Waals surface area contributed by atoms with Gasteiger partial charge in [0.2, 0.25) is 0 Å². The van der Waals surface area contributed by atoms with E-state index in [1.807, 2.05) is 0 Å². The van der Waals surface area contributed by atoms with Crippen molar-refractivity contribution in [2.45, 2.75) is 46.1 Å². The first-order valence-corrected chi connectivity index (χ1v) is 8.03. The number of carbonyl (C=O) groups excluding carboxylic acids is 1. The summed E-state index contributed by atoms with van der Waals surface area (Å²) >= 11 is 0. The van der Waals surface area contributed by atoms with E-state index in [9.17, 15) is 14.7 Å². The molecule has 0 aromatic rings. The molecule has 1 aliphatic carbocycles. The van der Waals surface area contributed by atoms with Crippen LogP contribution in [-0.4, -0.2) is 47.7 Å². The summed E-state index contributed by atoms with van der Waals surface area (Å²) in [6.07, 6.45) is 2.67. The summed E-state index contributed by atoms with van der Waals surface area (Å²) in [6.45, 7) is 7.50. The number of ether oxygens (including phenoxy) is 1. The molecule has 1 N–H and O–H groups in total. The van der Waals surface area contributed by atoms with E-state index >= 15 is 0 Å². The topological polar surface area (TPSA) is 66.8 Å². The van der Waals surface area contributed by atoms with Gasteiger partial charge in [-0.1, -0.05) is 13.8 Å². The second kappa shape index (κ2) is 6.77. The standard InChI is InChI=1S/C16H27NO4/c1-10(2)6-7-21-11(3)15(18)17-8-13(12-4-5-12)14(9-17)16(19)20/h10-14H,4-9H2,1-3H3,(H,19,20)/t11?,13-,14+/m1/s1. The van der Waals surface area contributed by atoms with Crippen molar-refractivity contribution in [2.24, 2.45) is 23.7 Å². The summed E-state index contributed by atoms with van der Waals surface area (Å²) in [5.41, 5.74) is 0. The summed E-state index contributed by atoms with van der Waals surface area (Å²) in [6, 6.07) is 0. The van der Waals surface area contributed by atoms with Gasteiger partial charge in [-0.3, -0.25) is 9.59 Å². The first kappa shape index (κ1) is 16.3. The van der Waals surface area contributed by atoms with Crippen LogP contribution in [0.25, 0.3) is 0 Å². The smallest absolute Gasteiger partial charge is 0.308 e. The SMILES string of the molecule is CC(C)CCOC(C)C(=O)N1C[C@H](C(=O)O)[C@@H](C2CC2)C1. The highest BCUT2D eigenvalue weighted by molar-refractivity contribution is 5.82. The number of carboxylic acid groups (broad SMARTS) is 1. The highest BCUT2D eigenvalue weighted by atomic mass is 16.5. The molecule has 3 atom stereocenters. The summed E-state index contributed by atoms with van der Waals surface area (Å²) in [4.78, 5) is 25.4. The second-order valence-corrected chi connectivity index (χ2v) is 6.88. The van der Waals surface area contributed by atoms with Gasteiger partial charge in [0.1, 0.15) is 6.10 Å². The maximum atomic E-state index is 12.4. The Kier molecular flexibility index (Phi) is 5.25. The molecule has 5 nitrogen and oxygen atoms in total. The highest BCUT2D eigenvalue weighted by Gasteiger charge is 2.47. The Morgan fingerprint density at radius 2 is 1.90 bits per heavy atom. The first-order valence-electron chi connectivity index (χ1n) is 8.03. The van der Waals surface area contributed by atoms with Crippen LogP contribution in [0.2, 0.25) is 0 Å². The number of hydrogen-bond acceptors (Lipinski definition) is 3. The normalized spacial score (nSPS) is 27.1. The Morgan fingerprint density at radius 1 is 1.24 bits per heavy atom. The van der Waals surface area contributed by atoms with Crippen LogP contribution in [0, 0.1) is 23.7 Å². The Morgan fingerprint density at radius 3 is 2.43 bits per heavy atom. The summed E-state index contributed by atoms with van der Waals surface area (Å²) in [7, 11) is 0. The molecule has 1 saturated heterocycles. The molecule has 0 spiro atoms. The van der Waals surface area contributed by atoms with E-state index in [0.29, 0.717) is 31.5 Å². The molecule has 0 bridgehead atoms. The van der Waals surface area contributed by atoms with Crippen molar-refractivity contribution in [3.05, 3.63) is 0 Å². The summed E-state index contributed by atoms with van der Waals surface area (Å²) < 4.78 is 5.60. The van der Waals surface area contributed by atoms with E-state index in [4.69, 9.17) is 4.74 Å². The molecule has 5 heteroatoms. The van der Waals surface area contributed by atoms with Crippen LogP contribution in [0.1, 0.15) is 40.0 Å². The van der Waals surface area contributed by atoms with Crippen LogP contribution in [-0.2, 0) is 14.3 Å². The number of amides is 1. The Labute approximate surface area is 126 Å². The van der Waals surface area contributed by atoms with Gasteiger partial charge < -0.3 is 14.7 Å². The van der Waals surface area contributed by atoms with E-state index in [-0.39, 0.29) is 11.8 Å². The molecule has 1 heterocycles. The summed E-state index contributed by atoms with van der Waals surface area (Å²) in [5.74, 6) is -0.0434. The molecule has 120 valence electrons. The van der Waals surface area contributed by atoms with Gasteiger partial charge in [-0.2, -0.15) is 0 Å². The Balaban J connectivity index is 1.86. The zero-order chi connectivity index (χ0) is 15.6. The Hall–Kier alpha value is -1.10. The Bertz CT molecular complexity index is 392. The predicted molar refractivity (Wildman–Crippen MR) is 78.8 cm³/mol. The minimum Gasteiger partial charge on any atom is -0.481 e. The minimum atomic E-state index is -0.768. The molecule has 0 radical (unpaired) electrons. The van der Waals surface area contributed by atoms with Crippen LogP contribution < -0.4 is 0 Å². The molecule has 0 aromatic heterocycles. The second-order valence-electron chi connectivity index (χ2n) is 6.88. The molecule has 2 fully saturated rings. The largest absolute Gasteiger partial charge is 0.481 e. The number of likely N-dealkylation sites (tertiary alicyclic amines) is 1. The number of nitrogens with zero attached hydrogens (tertiary/aromatic N) is 1. The number of hydrogen-bond donors (Lipinski definition) is 1. The van der Waals surface area contributed by atoms with Crippen molar-refractivity contribution < 1.29 is 19.4 Å². The van der Waals surface area contributed by atoms with Crippen LogP contribution in [0.15, 0.2) is 0 Å². The van der Waals surface area contributed by atoms with E-state index in [1.165, 1.54) is 0 Å². The van der Waals surface area contributed by atoms with Gasteiger partial charge in [0.25, 0.3) is 5.91 Å². The van der Waals surface area contributed by atoms with Gasteiger partial charge in [-0.05, 0) is 43.9 Å². The van der Waals surface area contributed by atoms with Crippen LogP contribution >= 0.6 is 0 Å². The van der Waals surface area contributed by atoms with Gasteiger partial charge in [-0.25, -0.2) is 0 Å². The number of aliphatic carboxylic acids is 1. The van der Waals surface area contributed by atoms with Crippen molar-refractivity contribution in [1.29, 1.82) is 0 Å². The van der Waals surface area contributed by atoms with Crippen molar-refractivity contribution in [3.8, 4) is 0 Å². The average Bonchev–Trinajstić information content (AvgIpc) is 3.15. The molecule has 1 saturated carbocycles. The van der Waals surface area contributed by atoms with E-state index in [0.717, 1.165) is 19.3 Å². The minimum absolute atomic E-state index is 0.0619. The molecule has 0 aromatic carbocycles. The third-order valence-corrected chi connectivity index (χ3v) is 4.63. The van der Waals surface area contributed by atoms with Gasteiger partial charge in [-0.15, -0.1) is 0 Å². The third-order valence-electron chi connectivity index (χ3n) is 4.63. The predicted octanol–water partition coefficient (Wildman–Crippen LogP) is 2.01. The zero-order valence-electron chi connectivity index (χ0n) is 13.2. The van der Waals surface area contributed by atoms with E-state index in [2.05, 4.69) is 13.8 Å². The first-order chi connectivity index (χ1) is 9.90. The number of rotatable bonds is 7. The molecule has 1 amide bonds. The van der Waals surface area contributed by atoms with Crippen molar-refractivity contribution in [2.75, 3.05) is 19.7 Å². The van der Waals surface area contributed by atoms with E-state index < -0.39 is 18.0 Å². The van der Waals surface area contributed by atoms with Gasteiger partial charge in [0.05, 0.1) is 5.92 Å². The third kappa shape index (κ3) is 4.19. The lowest BCUT2D eigenvalue weighted by Gasteiger charge is -2.21. The lowest BCUT2D eigenvalue weighted by Crippen LogP contribution is -2.38. The lowest BCUT2D eigenvalue weighted by atomic mass is 9.92. The quantitative estimate of drug-likeness (QED) is 0.780. The molecule has 2 aliphatic rings. The van der Waals surface area contributed by atoms with Crippen molar-refractivity contribution >= 4 is 11.9 Å². The van der Waals surface area contributed by atoms with Gasteiger partial charge >= 0.3 is 5.97 Å². The molecule has 2 rings (SSSR count). The average molecular weight is 297 g/mol. The molecule has 1 aliphatic heterocycles. The molecular weight excluding hydrogens is 270 g/mol. The van der Waals surface area contributed by atoms with Gasteiger partial charge in [0, 0.05) is 19.7 Å². The zero-order valence-corrected chi connectivity index (χ0v) is 13.2. The van der Waals surface area contributed by atoms with Crippen LogP contribution in [0.5, 0.6) is 0 Å². The van der Waals surface area contributed by atoms with Crippen molar-refractivity contribution in [3.63, 3.8) is 0 Å². The molecular formula is C16H27NO4. The van der Waals surface area contributed by atoms with Gasteiger partial charge in [0.15, 0.2) is 0 Å². The number of carboxylic acids is 1. The van der Waals surface area contributed by atoms with Crippen LogP contribution in [0.4, 0.5) is 0 Å². The fourth-order valence-corrected chi connectivity index (χ4v) is 3.08. The molecule has 1 unspecified atom stereocenters.